The zero-order chi connectivity index (χ0) is 15.3. The molecule has 0 amide bonds. The van der Waals surface area contributed by atoms with Gasteiger partial charge >= 0.3 is 5.97 Å². The summed E-state index contributed by atoms with van der Waals surface area (Å²) in [7, 11) is 0. The molecule has 0 saturated carbocycles. The van der Waals surface area contributed by atoms with Gasteiger partial charge < -0.3 is 10.5 Å². The molecule has 2 aromatic rings. The largest absolute Gasteiger partial charge is 0.466 e. The van der Waals surface area contributed by atoms with Crippen LogP contribution in [0.15, 0.2) is 48.5 Å². The van der Waals surface area contributed by atoms with Crippen LogP contribution in [0.25, 0.3) is 0 Å². The van der Waals surface area contributed by atoms with Crippen molar-refractivity contribution >= 4 is 5.97 Å². The molecule has 112 valence electrons. The van der Waals surface area contributed by atoms with Crippen LogP contribution < -0.4 is 5.73 Å². The Morgan fingerprint density at radius 3 is 1.86 bits per heavy atom. The van der Waals surface area contributed by atoms with Gasteiger partial charge in [0.15, 0.2) is 0 Å². The van der Waals surface area contributed by atoms with E-state index in [1.54, 1.807) is 0 Å². The Bertz CT molecular complexity index is 692. The number of esters is 1. The second kappa shape index (κ2) is 4.96. The van der Waals surface area contributed by atoms with Crippen molar-refractivity contribution in [2.75, 3.05) is 6.61 Å². The number of rotatable bonds is 2. The molecule has 3 aliphatic carbocycles. The number of carbonyl (C=O) groups excluding carboxylic acids is 1. The highest BCUT2D eigenvalue weighted by Crippen LogP contribution is 2.54. The van der Waals surface area contributed by atoms with Crippen molar-refractivity contribution in [3.8, 4) is 0 Å². The molecular formula is C19H19NO2. The van der Waals surface area contributed by atoms with Crippen molar-refractivity contribution in [1.82, 2.24) is 0 Å². The van der Waals surface area contributed by atoms with Crippen LogP contribution in [-0.4, -0.2) is 18.6 Å². The van der Waals surface area contributed by atoms with E-state index in [9.17, 15) is 4.79 Å². The van der Waals surface area contributed by atoms with Gasteiger partial charge in [-0.15, -0.1) is 0 Å². The fraction of sp³-hybridized carbons (Fsp3) is 0.316. The quantitative estimate of drug-likeness (QED) is 0.866. The first-order chi connectivity index (χ1) is 10.7. The molecule has 3 nitrogen and oxygen atoms in total. The number of hydrogen-bond acceptors (Lipinski definition) is 3. The van der Waals surface area contributed by atoms with E-state index >= 15 is 0 Å². The Balaban J connectivity index is 1.94. The van der Waals surface area contributed by atoms with Crippen molar-refractivity contribution in [1.29, 1.82) is 0 Å². The monoisotopic (exact) mass is 293 g/mol. The smallest absolute Gasteiger partial charge is 0.311 e. The number of nitrogens with two attached hydrogens (primary N) is 1. The predicted octanol–water partition coefficient (Wildman–Crippen LogP) is 2.78. The molecule has 5 rings (SSSR count). The summed E-state index contributed by atoms with van der Waals surface area (Å²) in [6, 6.07) is 16.5. The highest BCUT2D eigenvalue weighted by atomic mass is 16.5. The lowest BCUT2D eigenvalue weighted by molar-refractivity contribution is -0.150. The second-order valence-corrected chi connectivity index (χ2v) is 6.07. The van der Waals surface area contributed by atoms with Crippen molar-refractivity contribution in [2.45, 2.75) is 24.8 Å². The van der Waals surface area contributed by atoms with Gasteiger partial charge in [0.1, 0.15) is 0 Å². The third kappa shape index (κ3) is 1.69. The first-order valence-electron chi connectivity index (χ1n) is 7.84. The normalized spacial score (nSPS) is 27.9. The molecule has 0 spiro atoms. The van der Waals surface area contributed by atoms with E-state index in [4.69, 9.17) is 10.5 Å². The Labute approximate surface area is 130 Å². The molecule has 3 aliphatic rings. The topological polar surface area (TPSA) is 52.3 Å². The minimum atomic E-state index is -0.297. The van der Waals surface area contributed by atoms with Gasteiger partial charge in [-0.05, 0) is 29.2 Å². The first kappa shape index (κ1) is 13.5. The average molecular weight is 293 g/mol. The van der Waals surface area contributed by atoms with E-state index in [2.05, 4.69) is 24.3 Å². The van der Waals surface area contributed by atoms with E-state index in [0.717, 1.165) is 0 Å². The van der Waals surface area contributed by atoms with Gasteiger partial charge in [0.2, 0.25) is 0 Å². The molecule has 2 unspecified atom stereocenters. The van der Waals surface area contributed by atoms with E-state index in [1.807, 2.05) is 31.2 Å². The average Bonchev–Trinajstić information content (AvgIpc) is 2.55. The maximum Gasteiger partial charge on any atom is 0.311 e. The van der Waals surface area contributed by atoms with Crippen LogP contribution in [-0.2, 0) is 9.53 Å². The number of carbonyl (C=O) groups is 1. The fourth-order valence-electron chi connectivity index (χ4n) is 4.25. The number of fused-ring (bicyclic) bond motifs is 1. The van der Waals surface area contributed by atoms with Gasteiger partial charge in [0.05, 0.1) is 12.5 Å². The molecule has 0 aliphatic heterocycles. The molecule has 3 heteroatoms. The summed E-state index contributed by atoms with van der Waals surface area (Å²) in [6.45, 7) is 2.23. The second-order valence-electron chi connectivity index (χ2n) is 6.07. The summed E-state index contributed by atoms with van der Waals surface area (Å²) < 4.78 is 5.32. The molecule has 2 aromatic carbocycles. The maximum atomic E-state index is 12.5. The molecule has 0 radical (unpaired) electrons. The molecule has 2 atom stereocenters. The molecule has 2 N–H and O–H groups in total. The predicted molar refractivity (Wildman–Crippen MR) is 84.7 cm³/mol. The zero-order valence-electron chi connectivity index (χ0n) is 12.5. The van der Waals surface area contributed by atoms with Gasteiger partial charge in [-0.3, -0.25) is 4.79 Å². The van der Waals surface area contributed by atoms with Gasteiger partial charge in [-0.1, -0.05) is 48.5 Å². The summed E-state index contributed by atoms with van der Waals surface area (Å²) in [6.07, 6.45) is 0. The first-order valence-corrected chi connectivity index (χ1v) is 7.84. The van der Waals surface area contributed by atoms with Crippen molar-refractivity contribution in [3.63, 3.8) is 0 Å². The Hall–Kier alpha value is -2.13. The molecule has 0 saturated heterocycles. The summed E-state index contributed by atoms with van der Waals surface area (Å²) in [5, 5.41) is 0. The molecule has 2 bridgehead atoms. The van der Waals surface area contributed by atoms with E-state index < -0.39 is 0 Å². The number of hydrogen-bond donors (Lipinski definition) is 1. The summed E-state index contributed by atoms with van der Waals surface area (Å²) in [5.41, 5.74) is 11.5. The van der Waals surface area contributed by atoms with Crippen LogP contribution in [0.3, 0.4) is 0 Å². The molecule has 0 fully saturated rings. The molecule has 22 heavy (non-hydrogen) atoms. The van der Waals surface area contributed by atoms with Crippen molar-refractivity contribution in [3.05, 3.63) is 70.8 Å². The third-order valence-corrected chi connectivity index (χ3v) is 5.05. The van der Waals surface area contributed by atoms with Gasteiger partial charge in [0, 0.05) is 17.9 Å². The Morgan fingerprint density at radius 1 is 0.955 bits per heavy atom. The molecule has 0 aromatic heterocycles. The summed E-state index contributed by atoms with van der Waals surface area (Å²) >= 11 is 0. The van der Waals surface area contributed by atoms with Crippen LogP contribution in [0.2, 0.25) is 0 Å². The van der Waals surface area contributed by atoms with Gasteiger partial charge in [-0.25, -0.2) is 0 Å². The van der Waals surface area contributed by atoms with Crippen LogP contribution in [0.5, 0.6) is 0 Å². The van der Waals surface area contributed by atoms with Crippen molar-refractivity contribution < 1.29 is 9.53 Å². The van der Waals surface area contributed by atoms with E-state index in [-0.39, 0.29) is 29.8 Å². The highest BCUT2D eigenvalue weighted by Gasteiger charge is 2.51. The van der Waals surface area contributed by atoms with Gasteiger partial charge in [-0.2, -0.15) is 0 Å². The molecule has 0 heterocycles. The van der Waals surface area contributed by atoms with E-state index in [1.165, 1.54) is 22.3 Å². The summed E-state index contributed by atoms with van der Waals surface area (Å²) in [5.74, 6) is -0.387. The van der Waals surface area contributed by atoms with Crippen LogP contribution in [0.4, 0.5) is 0 Å². The Kier molecular flexibility index (Phi) is 3.05. The number of benzene rings is 2. The lowest BCUT2D eigenvalue weighted by Crippen LogP contribution is -2.52. The standard InChI is InChI=1S/C19H19NO2/c1-2-22-19(21)17-15-11-7-3-5-9-13(11)16(18(17)20)14-10-6-4-8-12(14)15/h3-10,15-18H,2,20H2,1H3/t15-,16-,17?,18?. The highest BCUT2D eigenvalue weighted by molar-refractivity contribution is 5.79. The minimum absolute atomic E-state index is 0.00597. The maximum absolute atomic E-state index is 12.5. The fourth-order valence-corrected chi connectivity index (χ4v) is 4.25. The van der Waals surface area contributed by atoms with E-state index in [0.29, 0.717) is 6.61 Å². The number of ether oxygens (including phenoxy) is 1. The summed E-state index contributed by atoms with van der Waals surface area (Å²) in [4.78, 5) is 12.5. The third-order valence-electron chi connectivity index (χ3n) is 5.05. The lowest BCUT2D eigenvalue weighted by Gasteiger charge is -2.48. The Morgan fingerprint density at radius 2 is 1.41 bits per heavy atom. The van der Waals surface area contributed by atoms with Gasteiger partial charge in [0.25, 0.3) is 0 Å². The SMILES string of the molecule is CCOC(=O)C1C(N)[C@H]2c3ccccc3[C@H]1c1ccccc12. The van der Waals surface area contributed by atoms with Crippen LogP contribution in [0.1, 0.15) is 41.0 Å². The van der Waals surface area contributed by atoms with Crippen LogP contribution in [0, 0.1) is 5.92 Å². The van der Waals surface area contributed by atoms with Crippen molar-refractivity contribution in [2.24, 2.45) is 11.7 Å². The minimum Gasteiger partial charge on any atom is -0.466 e. The zero-order valence-corrected chi connectivity index (χ0v) is 12.5. The molecular weight excluding hydrogens is 274 g/mol. The van der Waals surface area contributed by atoms with Crippen LogP contribution >= 0.6 is 0 Å². The lowest BCUT2D eigenvalue weighted by atomic mass is 9.57.